The third-order valence-corrected chi connectivity index (χ3v) is 3.27. The molecular formula is C14H26N4O. The summed E-state index contributed by atoms with van der Waals surface area (Å²) in [7, 11) is 0. The van der Waals surface area contributed by atoms with E-state index >= 15 is 0 Å². The summed E-state index contributed by atoms with van der Waals surface area (Å²) in [5, 5.41) is 3.25. The smallest absolute Gasteiger partial charge is 0.218 e. The highest BCUT2D eigenvalue weighted by Gasteiger charge is 2.13. The molecule has 1 unspecified atom stereocenters. The van der Waals surface area contributed by atoms with Gasteiger partial charge in [-0.2, -0.15) is 0 Å². The predicted molar refractivity (Wildman–Crippen MR) is 78.4 cm³/mol. The van der Waals surface area contributed by atoms with Crippen molar-refractivity contribution >= 4 is 5.82 Å². The maximum atomic E-state index is 6.17. The van der Waals surface area contributed by atoms with Crippen molar-refractivity contribution < 1.29 is 4.74 Å². The highest BCUT2D eigenvalue weighted by atomic mass is 16.5. The van der Waals surface area contributed by atoms with Gasteiger partial charge in [0.1, 0.15) is 12.1 Å². The van der Waals surface area contributed by atoms with Crippen LogP contribution in [0.25, 0.3) is 0 Å². The van der Waals surface area contributed by atoms with E-state index in [1.54, 1.807) is 0 Å². The van der Waals surface area contributed by atoms with Gasteiger partial charge in [0.15, 0.2) is 0 Å². The first kappa shape index (κ1) is 15.7. The second kappa shape index (κ2) is 8.69. The quantitative estimate of drug-likeness (QED) is 0.718. The number of ether oxygens (including phenoxy) is 1. The molecule has 1 heterocycles. The average molecular weight is 266 g/mol. The van der Waals surface area contributed by atoms with Crippen LogP contribution in [0.1, 0.15) is 40.0 Å². The Morgan fingerprint density at radius 2 is 2.00 bits per heavy atom. The van der Waals surface area contributed by atoms with Crippen molar-refractivity contribution in [3.8, 4) is 5.88 Å². The van der Waals surface area contributed by atoms with Gasteiger partial charge in [-0.15, -0.1) is 0 Å². The number of anilines is 1. The molecule has 0 aliphatic rings. The summed E-state index contributed by atoms with van der Waals surface area (Å²) in [4.78, 5) is 8.24. The molecule has 0 amide bonds. The monoisotopic (exact) mass is 266 g/mol. The first-order valence-electron chi connectivity index (χ1n) is 7.15. The molecule has 1 atom stereocenters. The summed E-state index contributed by atoms with van der Waals surface area (Å²) in [6, 6.07) is 1.96. The van der Waals surface area contributed by atoms with Crippen LogP contribution in [-0.4, -0.2) is 29.2 Å². The van der Waals surface area contributed by atoms with Crippen molar-refractivity contribution in [2.45, 2.75) is 46.1 Å². The van der Waals surface area contributed by atoms with Crippen molar-refractivity contribution in [1.82, 2.24) is 9.97 Å². The molecule has 0 saturated heterocycles. The van der Waals surface area contributed by atoms with Crippen LogP contribution in [-0.2, 0) is 0 Å². The van der Waals surface area contributed by atoms with Crippen LogP contribution >= 0.6 is 0 Å². The first-order chi connectivity index (χ1) is 9.21. The summed E-state index contributed by atoms with van der Waals surface area (Å²) >= 11 is 0. The largest absolute Gasteiger partial charge is 0.478 e. The minimum Gasteiger partial charge on any atom is -0.478 e. The van der Waals surface area contributed by atoms with Crippen LogP contribution in [0.3, 0.4) is 0 Å². The Hall–Kier alpha value is -1.36. The third-order valence-electron chi connectivity index (χ3n) is 3.27. The third kappa shape index (κ3) is 5.42. The molecule has 0 aromatic carbocycles. The number of nitrogens with two attached hydrogens (primary N) is 1. The average Bonchev–Trinajstić information content (AvgIpc) is 2.44. The molecule has 0 spiro atoms. The first-order valence-corrected chi connectivity index (χ1v) is 7.15. The lowest BCUT2D eigenvalue weighted by Crippen LogP contribution is -2.36. The maximum Gasteiger partial charge on any atom is 0.218 e. The highest BCUT2D eigenvalue weighted by molar-refractivity contribution is 5.37. The molecule has 0 aliphatic heterocycles. The minimum absolute atomic E-state index is 0.143. The standard InChI is InChI=1S/C14H26N4O/c1-4-7-19-14-8-13(17-10-18-14)16-9-12(15)11(5-2)6-3/h8,10-12H,4-7,9,15H2,1-3H3,(H,16,17,18). The molecule has 108 valence electrons. The van der Waals surface area contributed by atoms with Crippen LogP contribution in [0.2, 0.25) is 0 Å². The Kier molecular flexibility index (Phi) is 7.18. The van der Waals surface area contributed by atoms with Crippen LogP contribution in [0, 0.1) is 5.92 Å². The Balaban J connectivity index is 2.48. The molecule has 3 N–H and O–H groups in total. The van der Waals surface area contributed by atoms with E-state index in [0.717, 1.165) is 31.6 Å². The fraction of sp³-hybridized carbons (Fsp3) is 0.714. The topological polar surface area (TPSA) is 73.1 Å². The summed E-state index contributed by atoms with van der Waals surface area (Å²) < 4.78 is 5.47. The zero-order valence-electron chi connectivity index (χ0n) is 12.2. The molecule has 5 nitrogen and oxygen atoms in total. The molecule has 1 aromatic rings. The lowest BCUT2D eigenvalue weighted by molar-refractivity contribution is 0.305. The summed E-state index contributed by atoms with van der Waals surface area (Å²) in [5.41, 5.74) is 6.17. The van der Waals surface area contributed by atoms with Gasteiger partial charge in [0.05, 0.1) is 6.61 Å². The van der Waals surface area contributed by atoms with Crippen molar-refractivity contribution in [2.24, 2.45) is 11.7 Å². The van der Waals surface area contributed by atoms with E-state index in [-0.39, 0.29) is 6.04 Å². The number of nitrogens with one attached hydrogen (secondary N) is 1. The summed E-state index contributed by atoms with van der Waals surface area (Å²) in [6.45, 7) is 7.81. The predicted octanol–water partition coefficient (Wildman–Crippen LogP) is 2.44. The van der Waals surface area contributed by atoms with Crippen molar-refractivity contribution in [3.05, 3.63) is 12.4 Å². The molecule has 0 aliphatic carbocycles. The minimum atomic E-state index is 0.143. The maximum absolute atomic E-state index is 6.17. The molecule has 0 bridgehead atoms. The second-order valence-electron chi connectivity index (χ2n) is 4.71. The zero-order valence-corrected chi connectivity index (χ0v) is 12.2. The van der Waals surface area contributed by atoms with Gasteiger partial charge in [-0.25, -0.2) is 9.97 Å². The van der Waals surface area contributed by atoms with Gasteiger partial charge in [-0.05, 0) is 12.3 Å². The van der Waals surface area contributed by atoms with Crippen LogP contribution in [0.5, 0.6) is 5.88 Å². The zero-order chi connectivity index (χ0) is 14.1. The van der Waals surface area contributed by atoms with E-state index in [0.29, 0.717) is 18.4 Å². The van der Waals surface area contributed by atoms with E-state index < -0.39 is 0 Å². The number of nitrogens with zero attached hydrogens (tertiary/aromatic N) is 2. The molecule has 0 radical (unpaired) electrons. The number of hydrogen-bond acceptors (Lipinski definition) is 5. The van der Waals surface area contributed by atoms with Gasteiger partial charge < -0.3 is 15.8 Å². The molecule has 0 saturated carbocycles. The van der Waals surface area contributed by atoms with E-state index in [2.05, 4.69) is 36.1 Å². The second-order valence-corrected chi connectivity index (χ2v) is 4.71. The van der Waals surface area contributed by atoms with Crippen molar-refractivity contribution in [1.29, 1.82) is 0 Å². The van der Waals surface area contributed by atoms with E-state index in [9.17, 15) is 0 Å². The highest BCUT2D eigenvalue weighted by Crippen LogP contribution is 2.14. The molecule has 5 heteroatoms. The van der Waals surface area contributed by atoms with Crippen LogP contribution < -0.4 is 15.8 Å². The molecule has 1 rings (SSSR count). The van der Waals surface area contributed by atoms with Gasteiger partial charge in [0.25, 0.3) is 0 Å². The van der Waals surface area contributed by atoms with E-state index in [4.69, 9.17) is 10.5 Å². The molecular weight excluding hydrogens is 240 g/mol. The normalized spacial score (nSPS) is 12.5. The lowest BCUT2D eigenvalue weighted by atomic mass is 9.95. The number of rotatable bonds is 9. The van der Waals surface area contributed by atoms with E-state index in [1.807, 2.05) is 6.07 Å². The lowest BCUT2D eigenvalue weighted by Gasteiger charge is -2.21. The Bertz CT molecular complexity index is 355. The molecule has 0 fully saturated rings. The Labute approximate surface area is 116 Å². The van der Waals surface area contributed by atoms with Crippen LogP contribution in [0.4, 0.5) is 5.82 Å². The van der Waals surface area contributed by atoms with Gasteiger partial charge in [-0.3, -0.25) is 0 Å². The fourth-order valence-corrected chi connectivity index (χ4v) is 2.00. The van der Waals surface area contributed by atoms with Crippen molar-refractivity contribution in [3.63, 3.8) is 0 Å². The summed E-state index contributed by atoms with van der Waals surface area (Å²) in [6.07, 6.45) is 4.68. The van der Waals surface area contributed by atoms with Gasteiger partial charge in [0, 0.05) is 18.7 Å². The molecule has 19 heavy (non-hydrogen) atoms. The van der Waals surface area contributed by atoms with Gasteiger partial charge in [-0.1, -0.05) is 33.6 Å². The van der Waals surface area contributed by atoms with Gasteiger partial charge in [0.2, 0.25) is 5.88 Å². The van der Waals surface area contributed by atoms with E-state index in [1.165, 1.54) is 6.33 Å². The number of aromatic nitrogens is 2. The van der Waals surface area contributed by atoms with Gasteiger partial charge >= 0.3 is 0 Å². The number of hydrogen-bond donors (Lipinski definition) is 2. The van der Waals surface area contributed by atoms with Crippen molar-refractivity contribution in [2.75, 3.05) is 18.5 Å². The Morgan fingerprint density at radius 1 is 1.26 bits per heavy atom. The molecule has 1 aromatic heterocycles. The summed E-state index contributed by atoms with van der Waals surface area (Å²) in [5.74, 6) is 1.92. The van der Waals surface area contributed by atoms with Crippen LogP contribution in [0.15, 0.2) is 12.4 Å². The SMILES string of the molecule is CCCOc1cc(NCC(N)C(CC)CC)ncn1. The fourth-order valence-electron chi connectivity index (χ4n) is 2.00. The Morgan fingerprint density at radius 3 is 2.63 bits per heavy atom.